The zero-order valence-electron chi connectivity index (χ0n) is 10.9. The van der Waals surface area contributed by atoms with Crippen LogP contribution in [0.5, 0.6) is 5.75 Å². The van der Waals surface area contributed by atoms with Crippen molar-refractivity contribution in [3.8, 4) is 5.75 Å². The SMILES string of the molecule is CC(C)S(=O)(=O)NC1(C)Cc2ccc(O)cc2C1. The Kier molecular flexibility index (Phi) is 3.15. The molecule has 2 rings (SSSR count). The van der Waals surface area contributed by atoms with Gasteiger partial charge in [0.25, 0.3) is 0 Å². The number of nitrogens with one attached hydrogen (secondary N) is 1. The van der Waals surface area contributed by atoms with E-state index in [1.165, 1.54) is 0 Å². The van der Waals surface area contributed by atoms with Crippen molar-refractivity contribution < 1.29 is 13.5 Å². The summed E-state index contributed by atoms with van der Waals surface area (Å²) >= 11 is 0. The van der Waals surface area contributed by atoms with Gasteiger partial charge in [0.05, 0.1) is 5.25 Å². The summed E-state index contributed by atoms with van der Waals surface area (Å²) < 4.78 is 26.7. The highest BCUT2D eigenvalue weighted by atomic mass is 32.2. The summed E-state index contributed by atoms with van der Waals surface area (Å²) in [6.07, 6.45) is 1.28. The van der Waals surface area contributed by atoms with Gasteiger partial charge in [0.2, 0.25) is 10.0 Å². The van der Waals surface area contributed by atoms with E-state index in [0.717, 1.165) is 11.1 Å². The van der Waals surface area contributed by atoms with E-state index in [2.05, 4.69) is 4.72 Å². The lowest BCUT2D eigenvalue weighted by molar-refractivity contribution is 0.433. The lowest BCUT2D eigenvalue weighted by atomic mass is 10.0. The van der Waals surface area contributed by atoms with Gasteiger partial charge in [-0.1, -0.05) is 6.07 Å². The van der Waals surface area contributed by atoms with Crippen LogP contribution >= 0.6 is 0 Å². The maximum Gasteiger partial charge on any atom is 0.214 e. The molecule has 1 unspecified atom stereocenters. The molecule has 1 aliphatic carbocycles. The molecule has 5 heteroatoms. The standard InChI is InChI=1S/C13H19NO3S/c1-9(2)18(16,17)14-13(3)7-10-4-5-12(15)6-11(10)8-13/h4-6,9,14-15H,7-8H2,1-3H3. The first-order valence-corrected chi connectivity index (χ1v) is 7.60. The fourth-order valence-corrected chi connectivity index (χ4v) is 3.45. The van der Waals surface area contributed by atoms with Gasteiger partial charge in [-0.05, 0) is 56.9 Å². The van der Waals surface area contributed by atoms with E-state index in [4.69, 9.17) is 0 Å². The van der Waals surface area contributed by atoms with Crippen LogP contribution in [0.15, 0.2) is 18.2 Å². The molecule has 1 aromatic rings. The van der Waals surface area contributed by atoms with Crippen molar-refractivity contribution in [1.82, 2.24) is 4.72 Å². The molecule has 0 heterocycles. The van der Waals surface area contributed by atoms with Gasteiger partial charge in [-0.2, -0.15) is 0 Å². The minimum absolute atomic E-state index is 0.227. The molecule has 4 nitrogen and oxygen atoms in total. The Labute approximate surface area is 108 Å². The van der Waals surface area contributed by atoms with Crippen LogP contribution in [0.25, 0.3) is 0 Å². The third-order valence-corrected chi connectivity index (χ3v) is 5.38. The van der Waals surface area contributed by atoms with Crippen molar-refractivity contribution in [2.75, 3.05) is 0 Å². The molecule has 0 bridgehead atoms. The molecule has 0 saturated heterocycles. The van der Waals surface area contributed by atoms with Crippen LogP contribution in [-0.2, 0) is 22.9 Å². The average molecular weight is 269 g/mol. The highest BCUT2D eigenvalue weighted by molar-refractivity contribution is 7.90. The van der Waals surface area contributed by atoms with Crippen LogP contribution in [0.2, 0.25) is 0 Å². The van der Waals surface area contributed by atoms with E-state index in [-0.39, 0.29) is 5.75 Å². The number of phenolic OH excluding ortho intramolecular Hbond substituents is 1. The molecule has 0 aliphatic heterocycles. The zero-order valence-corrected chi connectivity index (χ0v) is 11.7. The molecule has 100 valence electrons. The molecular weight excluding hydrogens is 250 g/mol. The third kappa shape index (κ3) is 2.52. The van der Waals surface area contributed by atoms with Gasteiger partial charge in [-0.3, -0.25) is 0 Å². The van der Waals surface area contributed by atoms with Crippen LogP contribution in [-0.4, -0.2) is 24.3 Å². The highest BCUT2D eigenvalue weighted by Crippen LogP contribution is 2.32. The number of hydrogen-bond acceptors (Lipinski definition) is 3. The van der Waals surface area contributed by atoms with E-state index >= 15 is 0 Å². The fourth-order valence-electron chi connectivity index (χ4n) is 2.39. The van der Waals surface area contributed by atoms with Gasteiger partial charge in [0.1, 0.15) is 5.75 Å². The molecule has 2 N–H and O–H groups in total. The Morgan fingerprint density at radius 2 is 1.89 bits per heavy atom. The second-order valence-corrected chi connectivity index (χ2v) is 7.80. The van der Waals surface area contributed by atoms with Crippen LogP contribution in [0.1, 0.15) is 31.9 Å². The predicted molar refractivity (Wildman–Crippen MR) is 71.1 cm³/mol. The van der Waals surface area contributed by atoms with Crippen LogP contribution in [0.3, 0.4) is 0 Å². The summed E-state index contributed by atoms with van der Waals surface area (Å²) in [5, 5.41) is 9.01. The molecular formula is C13H19NO3S. The fraction of sp³-hybridized carbons (Fsp3) is 0.538. The van der Waals surface area contributed by atoms with Gasteiger partial charge in [0.15, 0.2) is 0 Å². The van der Waals surface area contributed by atoms with Gasteiger partial charge in [-0.15, -0.1) is 0 Å². The number of rotatable bonds is 3. The molecule has 1 aliphatic rings. The average Bonchev–Trinajstić information content (AvgIpc) is 2.51. The molecule has 0 saturated carbocycles. The van der Waals surface area contributed by atoms with E-state index in [9.17, 15) is 13.5 Å². The molecule has 1 atom stereocenters. The number of phenols is 1. The Morgan fingerprint density at radius 3 is 2.50 bits per heavy atom. The Balaban J connectivity index is 2.23. The number of aromatic hydroxyl groups is 1. The summed E-state index contributed by atoms with van der Waals surface area (Å²) in [6.45, 7) is 5.24. The van der Waals surface area contributed by atoms with Crippen LogP contribution in [0.4, 0.5) is 0 Å². The van der Waals surface area contributed by atoms with Crippen LogP contribution < -0.4 is 4.72 Å². The summed E-state index contributed by atoms with van der Waals surface area (Å²) in [5.74, 6) is 0.227. The van der Waals surface area contributed by atoms with E-state index in [1.807, 2.05) is 13.0 Å². The maximum atomic E-state index is 11.9. The quantitative estimate of drug-likeness (QED) is 0.875. The van der Waals surface area contributed by atoms with Crippen molar-refractivity contribution >= 4 is 10.0 Å². The highest BCUT2D eigenvalue weighted by Gasteiger charge is 2.37. The lowest BCUT2D eigenvalue weighted by Gasteiger charge is -2.26. The number of benzene rings is 1. The molecule has 0 spiro atoms. The normalized spacial score (nSPS) is 23.3. The minimum atomic E-state index is -3.28. The van der Waals surface area contributed by atoms with E-state index in [1.54, 1.807) is 26.0 Å². The van der Waals surface area contributed by atoms with E-state index in [0.29, 0.717) is 12.8 Å². The molecule has 0 radical (unpaired) electrons. The number of hydrogen-bond donors (Lipinski definition) is 2. The third-order valence-electron chi connectivity index (χ3n) is 3.36. The summed E-state index contributed by atoms with van der Waals surface area (Å²) in [6, 6.07) is 5.21. The van der Waals surface area contributed by atoms with Gasteiger partial charge in [0, 0.05) is 5.54 Å². The second kappa shape index (κ2) is 4.24. The first-order chi connectivity index (χ1) is 8.22. The number of fused-ring (bicyclic) bond motifs is 1. The largest absolute Gasteiger partial charge is 0.508 e. The Morgan fingerprint density at radius 1 is 1.28 bits per heavy atom. The van der Waals surface area contributed by atoms with Gasteiger partial charge >= 0.3 is 0 Å². The Bertz CT molecular complexity index is 566. The zero-order chi connectivity index (χ0) is 13.6. The lowest BCUT2D eigenvalue weighted by Crippen LogP contribution is -2.49. The molecule has 0 aromatic heterocycles. The Hall–Kier alpha value is -1.07. The van der Waals surface area contributed by atoms with Gasteiger partial charge < -0.3 is 5.11 Å². The van der Waals surface area contributed by atoms with Crippen molar-refractivity contribution in [2.45, 2.75) is 44.4 Å². The van der Waals surface area contributed by atoms with Gasteiger partial charge in [-0.25, -0.2) is 13.1 Å². The van der Waals surface area contributed by atoms with E-state index < -0.39 is 20.8 Å². The first kappa shape index (κ1) is 13.4. The van der Waals surface area contributed by atoms with Crippen molar-refractivity contribution in [3.63, 3.8) is 0 Å². The topological polar surface area (TPSA) is 66.4 Å². The van der Waals surface area contributed by atoms with Crippen molar-refractivity contribution in [2.24, 2.45) is 0 Å². The summed E-state index contributed by atoms with van der Waals surface area (Å²) in [4.78, 5) is 0. The molecule has 0 fully saturated rings. The van der Waals surface area contributed by atoms with Crippen molar-refractivity contribution in [3.05, 3.63) is 29.3 Å². The second-order valence-electron chi connectivity index (χ2n) is 5.56. The molecule has 18 heavy (non-hydrogen) atoms. The smallest absolute Gasteiger partial charge is 0.214 e. The molecule has 1 aromatic carbocycles. The maximum absolute atomic E-state index is 11.9. The van der Waals surface area contributed by atoms with Crippen molar-refractivity contribution in [1.29, 1.82) is 0 Å². The monoisotopic (exact) mass is 269 g/mol. The first-order valence-electron chi connectivity index (χ1n) is 6.05. The number of sulfonamides is 1. The minimum Gasteiger partial charge on any atom is -0.508 e. The molecule has 0 amide bonds. The summed E-state index contributed by atoms with van der Waals surface area (Å²) in [5.41, 5.74) is 1.63. The summed E-state index contributed by atoms with van der Waals surface area (Å²) in [7, 11) is -3.28. The predicted octanol–water partition coefficient (Wildman–Crippen LogP) is 1.58. The van der Waals surface area contributed by atoms with Crippen LogP contribution in [0, 0.1) is 0 Å².